The van der Waals surface area contributed by atoms with Crippen LogP contribution < -0.4 is 5.32 Å². The van der Waals surface area contributed by atoms with Crippen LogP contribution in [0.5, 0.6) is 0 Å². The van der Waals surface area contributed by atoms with E-state index in [1.54, 1.807) is 13.0 Å². The minimum absolute atomic E-state index is 0.0677. The first kappa shape index (κ1) is 17.2. The van der Waals surface area contributed by atoms with Crippen LogP contribution in [0.3, 0.4) is 0 Å². The molecule has 4 nitrogen and oxygen atoms in total. The zero-order chi connectivity index (χ0) is 18.0. The van der Waals surface area contributed by atoms with Gasteiger partial charge in [0.25, 0.3) is 0 Å². The van der Waals surface area contributed by atoms with E-state index in [-0.39, 0.29) is 17.4 Å². The minimum atomic E-state index is -0.288. The predicted octanol–water partition coefficient (Wildman–Crippen LogP) is 4.41. The van der Waals surface area contributed by atoms with Crippen molar-refractivity contribution in [2.24, 2.45) is 5.41 Å². The number of carbonyl (C=O) groups is 2. The summed E-state index contributed by atoms with van der Waals surface area (Å²) in [6, 6.07) is 13.4. The summed E-state index contributed by atoms with van der Waals surface area (Å²) in [5.41, 5.74) is 4.42. The summed E-state index contributed by atoms with van der Waals surface area (Å²) in [5, 5.41) is 3.58. The average Bonchev–Trinajstić information content (AvgIpc) is 2.60. The van der Waals surface area contributed by atoms with Gasteiger partial charge in [-0.15, -0.1) is 0 Å². The van der Waals surface area contributed by atoms with Gasteiger partial charge in [-0.05, 0) is 54.2 Å². The number of carbonyl (C=O) groups excluding carboxylic acids is 2. The lowest BCUT2D eigenvalue weighted by Gasteiger charge is -2.41. The minimum Gasteiger partial charge on any atom is -0.462 e. The molecule has 0 aromatic heterocycles. The molecule has 1 heterocycles. The molecule has 1 atom stereocenters. The second kappa shape index (κ2) is 6.71. The predicted molar refractivity (Wildman–Crippen MR) is 98.1 cm³/mol. The van der Waals surface area contributed by atoms with E-state index in [0.29, 0.717) is 17.7 Å². The molecule has 2 aromatic rings. The van der Waals surface area contributed by atoms with Gasteiger partial charge in [0.15, 0.2) is 0 Å². The maximum Gasteiger partial charge on any atom is 0.338 e. The summed E-state index contributed by atoms with van der Waals surface area (Å²) in [4.78, 5) is 23.1. The maximum absolute atomic E-state index is 12.0. The van der Waals surface area contributed by atoms with Crippen LogP contribution in [-0.4, -0.2) is 18.9 Å². The molecule has 0 amide bonds. The van der Waals surface area contributed by atoms with E-state index in [0.717, 1.165) is 29.5 Å². The monoisotopic (exact) mass is 337 g/mol. The van der Waals surface area contributed by atoms with E-state index in [4.69, 9.17) is 4.74 Å². The SMILES string of the molecule is CCOC(=O)c1ccc2c(c1)CC(C)(C)C(c1cccc(C=O)c1)N2. The highest BCUT2D eigenvalue weighted by atomic mass is 16.5. The van der Waals surface area contributed by atoms with Crippen molar-refractivity contribution in [3.05, 3.63) is 64.7 Å². The number of aldehydes is 1. The molecule has 0 saturated heterocycles. The molecule has 1 unspecified atom stereocenters. The van der Waals surface area contributed by atoms with Crippen LogP contribution in [-0.2, 0) is 11.2 Å². The van der Waals surface area contributed by atoms with Crippen molar-refractivity contribution >= 4 is 17.9 Å². The topological polar surface area (TPSA) is 55.4 Å². The van der Waals surface area contributed by atoms with Gasteiger partial charge in [0, 0.05) is 11.3 Å². The number of fused-ring (bicyclic) bond motifs is 1. The Hall–Kier alpha value is -2.62. The maximum atomic E-state index is 12.0. The first-order valence-electron chi connectivity index (χ1n) is 8.56. The van der Waals surface area contributed by atoms with Gasteiger partial charge in [-0.1, -0.05) is 32.0 Å². The number of hydrogen-bond acceptors (Lipinski definition) is 4. The van der Waals surface area contributed by atoms with Crippen LogP contribution in [0.2, 0.25) is 0 Å². The Bertz CT molecular complexity index is 811. The summed E-state index contributed by atoms with van der Waals surface area (Å²) < 4.78 is 5.09. The van der Waals surface area contributed by atoms with Crippen LogP contribution in [0.1, 0.15) is 58.7 Å². The highest BCUT2D eigenvalue weighted by molar-refractivity contribution is 5.90. The van der Waals surface area contributed by atoms with Gasteiger partial charge in [-0.3, -0.25) is 4.79 Å². The molecule has 1 N–H and O–H groups in total. The van der Waals surface area contributed by atoms with Crippen molar-refractivity contribution in [3.8, 4) is 0 Å². The van der Waals surface area contributed by atoms with Gasteiger partial charge in [-0.25, -0.2) is 4.79 Å². The van der Waals surface area contributed by atoms with E-state index in [2.05, 4.69) is 19.2 Å². The Morgan fingerprint density at radius 1 is 1.28 bits per heavy atom. The Morgan fingerprint density at radius 3 is 2.80 bits per heavy atom. The van der Waals surface area contributed by atoms with E-state index < -0.39 is 0 Å². The van der Waals surface area contributed by atoms with Crippen molar-refractivity contribution in [2.75, 3.05) is 11.9 Å². The summed E-state index contributed by atoms with van der Waals surface area (Å²) in [6.45, 7) is 6.56. The molecule has 0 saturated carbocycles. The standard InChI is InChI=1S/C21H23NO3/c1-4-25-20(24)16-8-9-18-17(11-16)12-21(2,3)19(22-18)15-7-5-6-14(10-15)13-23/h5-11,13,19,22H,4,12H2,1-3H3. The molecular weight excluding hydrogens is 314 g/mol. The number of rotatable bonds is 4. The van der Waals surface area contributed by atoms with Crippen molar-refractivity contribution in [3.63, 3.8) is 0 Å². The molecule has 130 valence electrons. The first-order valence-corrected chi connectivity index (χ1v) is 8.56. The van der Waals surface area contributed by atoms with Crippen LogP contribution in [0, 0.1) is 5.41 Å². The lowest BCUT2D eigenvalue weighted by atomic mass is 9.72. The average molecular weight is 337 g/mol. The number of anilines is 1. The van der Waals surface area contributed by atoms with E-state index in [1.165, 1.54) is 0 Å². The first-order chi connectivity index (χ1) is 11.9. The van der Waals surface area contributed by atoms with Crippen molar-refractivity contribution in [2.45, 2.75) is 33.2 Å². The summed E-state index contributed by atoms with van der Waals surface area (Å²) in [5.74, 6) is -0.288. The summed E-state index contributed by atoms with van der Waals surface area (Å²) in [7, 11) is 0. The highest BCUT2D eigenvalue weighted by Gasteiger charge is 2.36. The van der Waals surface area contributed by atoms with Crippen LogP contribution in [0.25, 0.3) is 0 Å². The van der Waals surface area contributed by atoms with Gasteiger partial charge < -0.3 is 10.1 Å². The van der Waals surface area contributed by atoms with Crippen molar-refractivity contribution < 1.29 is 14.3 Å². The van der Waals surface area contributed by atoms with Gasteiger partial charge >= 0.3 is 5.97 Å². The van der Waals surface area contributed by atoms with Crippen LogP contribution in [0.15, 0.2) is 42.5 Å². The second-order valence-corrected chi connectivity index (χ2v) is 7.12. The normalized spacial score (nSPS) is 18.0. The zero-order valence-corrected chi connectivity index (χ0v) is 14.8. The number of benzene rings is 2. The third-order valence-corrected chi connectivity index (χ3v) is 4.72. The number of esters is 1. The van der Waals surface area contributed by atoms with Gasteiger partial charge in [-0.2, -0.15) is 0 Å². The molecular formula is C21H23NO3. The van der Waals surface area contributed by atoms with Crippen molar-refractivity contribution in [1.82, 2.24) is 0 Å². The van der Waals surface area contributed by atoms with E-state index >= 15 is 0 Å². The molecule has 0 radical (unpaired) electrons. The fraction of sp³-hybridized carbons (Fsp3) is 0.333. The zero-order valence-electron chi connectivity index (χ0n) is 14.8. The largest absolute Gasteiger partial charge is 0.462 e. The number of ether oxygens (including phenoxy) is 1. The van der Waals surface area contributed by atoms with Gasteiger partial charge in [0.2, 0.25) is 0 Å². The van der Waals surface area contributed by atoms with Gasteiger partial charge in [0.1, 0.15) is 6.29 Å². The fourth-order valence-electron chi connectivity index (χ4n) is 3.51. The summed E-state index contributed by atoms with van der Waals surface area (Å²) in [6.07, 6.45) is 1.71. The molecule has 1 aliphatic rings. The van der Waals surface area contributed by atoms with Crippen molar-refractivity contribution in [1.29, 1.82) is 0 Å². The van der Waals surface area contributed by atoms with Crippen LogP contribution in [0.4, 0.5) is 5.69 Å². The second-order valence-electron chi connectivity index (χ2n) is 7.12. The Morgan fingerprint density at radius 2 is 2.08 bits per heavy atom. The molecule has 2 aromatic carbocycles. The van der Waals surface area contributed by atoms with E-state index in [1.807, 2.05) is 36.4 Å². The fourth-order valence-corrected chi connectivity index (χ4v) is 3.51. The lowest BCUT2D eigenvalue weighted by Crippen LogP contribution is -2.35. The Balaban J connectivity index is 1.94. The molecule has 0 fully saturated rings. The molecule has 0 spiro atoms. The quantitative estimate of drug-likeness (QED) is 0.663. The smallest absolute Gasteiger partial charge is 0.338 e. The molecule has 25 heavy (non-hydrogen) atoms. The van der Waals surface area contributed by atoms with Crippen LogP contribution >= 0.6 is 0 Å². The molecule has 0 aliphatic carbocycles. The highest BCUT2D eigenvalue weighted by Crippen LogP contribution is 2.45. The van der Waals surface area contributed by atoms with E-state index in [9.17, 15) is 9.59 Å². The molecule has 1 aliphatic heterocycles. The Kier molecular flexibility index (Phi) is 4.62. The third-order valence-electron chi connectivity index (χ3n) is 4.72. The lowest BCUT2D eigenvalue weighted by molar-refractivity contribution is 0.0526. The Labute approximate surface area is 148 Å². The number of nitrogens with one attached hydrogen (secondary N) is 1. The number of hydrogen-bond donors (Lipinski definition) is 1. The molecule has 0 bridgehead atoms. The molecule has 3 rings (SSSR count). The third kappa shape index (κ3) is 3.43. The molecule has 4 heteroatoms. The summed E-state index contributed by atoms with van der Waals surface area (Å²) >= 11 is 0. The van der Waals surface area contributed by atoms with Gasteiger partial charge in [0.05, 0.1) is 18.2 Å².